The molecule has 0 aliphatic rings. The molecular weight excluding hydrogens is 400 g/mol. The molecule has 1 heterocycles. The molecule has 0 aliphatic carbocycles. The standard InChI is InChI=1S/C27H26N2O3/c1-21-25(20-32-19-24-15-9-4-10-16-24)26(30)29(18-23-13-7-3-8-14-23)27(31)28(21)17-22-11-5-2-6-12-22/h2-16H,17-20H2,1H3. The minimum absolute atomic E-state index is 0.142. The summed E-state index contributed by atoms with van der Waals surface area (Å²) in [5.74, 6) is 0. The molecule has 0 saturated heterocycles. The molecule has 0 N–H and O–H groups in total. The lowest BCUT2D eigenvalue weighted by Gasteiger charge is -2.18. The van der Waals surface area contributed by atoms with E-state index in [0.29, 0.717) is 24.4 Å². The summed E-state index contributed by atoms with van der Waals surface area (Å²) in [5.41, 5.74) is 3.47. The number of aromatic nitrogens is 2. The van der Waals surface area contributed by atoms with E-state index < -0.39 is 0 Å². The van der Waals surface area contributed by atoms with Gasteiger partial charge in [-0.05, 0) is 23.6 Å². The Labute approximate surface area is 187 Å². The van der Waals surface area contributed by atoms with E-state index in [1.807, 2.05) is 97.9 Å². The lowest BCUT2D eigenvalue weighted by molar-refractivity contribution is 0.105. The van der Waals surface area contributed by atoms with Gasteiger partial charge < -0.3 is 4.74 Å². The van der Waals surface area contributed by atoms with Crippen molar-refractivity contribution in [1.29, 1.82) is 0 Å². The Bertz CT molecular complexity index is 1280. The molecule has 1 aromatic heterocycles. The first-order chi connectivity index (χ1) is 15.6. The van der Waals surface area contributed by atoms with Gasteiger partial charge in [0.1, 0.15) is 0 Å². The average Bonchev–Trinajstić information content (AvgIpc) is 2.84. The van der Waals surface area contributed by atoms with Gasteiger partial charge >= 0.3 is 5.69 Å². The monoisotopic (exact) mass is 426 g/mol. The lowest BCUT2D eigenvalue weighted by Crippen LogP contribution is -2.43. The van der Waals surface area contributed by atoms with E-state index in [4.69, 9.17) is 4.74 Å². The van der Waals surface area contributed by atoms with Gasteiger partial charge in [0.2, 0.25) is 0 Å². The van der Waals surface area contributed by atoms with E-state index in [9.17, 15) is 9.59 Å². The molecule has 0 bridgehead atoms. The summed E-state index contributed by atoms with van der Waals surface area (Å²) in [5, 5.41) is 0. The van der Waals surface area contributed by atoms with E-state index in [0.717, 1.165) is 16.7 Å². The van der Waals surface area contributed by atoms with Crippen molar-refractivity contribution >= 4 is 0 Å². The summed E-state index contributed by atoms with van der Waals surface area (Å²) in [6.45, 7) is 2.98. The van der Waals surface area contributed by atoms with Crippen molar-refractivity contribution in [3.05, 3.63) is 140 Å². The van der Waals surface area contributed by atoms with Gasteiger partial charge in [-0.25, -0.2) is 4.79 Å². The quantitative estimate of drug-likeness (QED) is 0.426. The number of benzene rings is 3. The Morgan fingerprint density at radius 1 is 0.625 bits per heavy atom. The van der Waals surface area contributed by atoms with Gasteiger partial charge in [0.15, 0.2) is 0 Å². The van der Waals surface area contributed by atoms with Crippen molar-refractivity contribution in [3.63, 3.8) is 0 Å². The highest BCUT2D eigenvalue weighted by molar-refractivity contribution is 5.22. The minimum Gasteiger partial charge on any atom is -0.372 e. The second-order valence-corrected chi connectivity index (χ2v) is 7.77. The predicted octanol–water partition coefficient (Wildman–Crippen LogP) is 4.13. The molecule has 5 heteroatoms. The third-order valence-corrected chi connectivity index (χ3v) is 5.53. The molecule has 4 aromatic rings. The molecular formula is C27H26N2O3. The van der Waals surface area contributed by atoms with E-state index in [2.05, 4.69) is 0 Å². The molecule has 162 valence electrons. The van der Waals surface area contributed by atoms with Crippen LogP contribution in [-0.2, 0) is 31.0 Å². The molecule has 4 rings (SSSR count). The molecule has 5 nitrogen and oxygen atoms in total. The van der Waals surface area contributed by atoms with Crippen molar-refractivity contribution < 1.29 is 4.74 Å². The van der Waals surface area contributed by atoms with Gasteiger partial charge in [-0.2, -0.15) is 0 Å². The van der Waals surface area contributed by atoms with Gasteiger partial charge in [0, 0.05) is 5.69 Å². The van der Waals surface area contributed by atoms with Crippen molar-refractivity contribution in [1.82, 2.24) is 9.13 Å². The first kappa shape index (κ1) is 21.5. The summed E-state index contributed by atoms with van der Waals surface area (Å²) in [6.07, 6.45) is 0. The largest absolute Gasteiger partial charge is 0.372 e. The van der Waals surface area contributed by atoms with Crippen LogP contribution in [-0.4, -0.2) is 9.13 Å². The van der Waals surface area contributed by atoms with Crippen LogP contribution < -0.4 is 11.2 Å². The normalized spacial score (nSPS) is 10.9. The second-order valence-electron chi connectivity index (χ2n) is 7.77. The Hall–Kier alpha value is -3.70. The highest BCUT2D eigenvalue weighted by Gasteiger charge is 2.17. The lowest BCUT2D eigenvalue weighted by atomic mass is 10.2. The Morgan fingerprint density at radius 2 is 1.09 bits per heavy atom. The zero-order valence-corrected chi connectivity index (χ0v) is 18.1. The fraction of sp³-hybridized carbons (Fsp3) is 0.185. The number of ether oxygens (including phenoxy) is 1. The first-order valence-electron chi connectivity index (χ1n) is 10.7. The van der Waals surface area contributed by atoms with Crippen molar-refractivity contribution in [3.8, 4) is 0 Å². The van der Waals surface area contributed by atoms with Crippen LogP contribution in [0.3, 0.4) is 0 Å². The van der Waals surface area contributed by atoms with Crippen LogP contribution >= 0.6 is 0 Å². The number of rotatable bonds is 8. The molecule has 0 radical (unpaired) electrons. The predicted molar refractivity (Wildman–Crippen MR) is 126 cm³/mol. The molecule has 0 aliphatic heterocycles. The van der Waals surface area contributed by atoms with E-state index >= 15 is 0 Å². The number of nitrogens with zero attached hydrogens (tertiary/aromatic N) is 2. The summed E-state index contributed by atoms with van der Waals surface area (Å²) in [7, 11) is 0. The molecule has 0 atom stereocenters. The highest BCUT2D eigenvalue weighted by Crippen LogP contribution is 2.10. The average molecular weight is 427 g/mol. The maximum atomic E-state index is 13.4. The maximum absolute atomic E-state index is 13.4. The third kappa shape index (κ3) is 4.95. The molecule has 0 fully saturated rings. The molecule has 0 unspecified atom stereocenters. The topological polar surface area (TPSA) is 53.2 Å². The first-order valence-corrected chi connectivity index (χ1v) is 10.7. The SMILES string of the molecule is Cc1c(COCc2ccccc2)c(=O)n(Cc2ccccc2)c(=O)n1Cc1ccccc1. The smallest absolute Gasteiger partial charge is 0.331 e. The van der Waals surface area contributed by atoms with Gasteiger partial charge in [-0.3, -0.25) is 13.9 Å². The zero-order valence-electron chi connectivity index (χ0n) is 18.1. The molecule has 0 amide bonds. The van der Waals surface area contributed by atoms with Crippen LogP contribution in [0.4, 0.5) is 0 Å². The van der Waals surface area contributed by atoms with Crippen molar-refractivity contribution in [2.24, 2.45) is 0 Å². The van der Waals surface area contributed by atoms with Crippen molar-refractivity contribution in [2.75, 3.05) is 0 Å². The van der Waals surface area contributed by atoms with Crippen LogP contribution in [0.15, 0.2) is 101 Å². The summed E-state index contributed by atoms with van der Waals surface area (Å²) in [6, 6.07) is 29.2. The van der Waals surface area contributed by atoms with Crippen LogP contribution in [0.1, 0.15) is 27.9 Å². The van der Waals surface area contributed by atoms with E-state index in [1.54, 1.807) is 4.57 Å². The number of hydrogen-bond acceptors (Lipinski definition) is 3. The molecule has 0 saturated carbocycles. The minimum atomic E-state index is -0.313. The summed E-state index contributed by atoms with van der Waals surface area (Å²) >= 11 is 0. The van der Waals surface area contributed by atoms with Crippen LogP contribution in [0.25, 0.3) is 0 Å². The van der Waals surface area contributed by atoms with Crippen molar-refractivity contribution in [2.45, 2.75) is 33.2 Å². The summed E-state index contributed by atoms with van der Waals surface area (Å²) < 4.78 is 8.87. The highest BCUT2D eigenvalue weighted by atomic mass is 16.5. The van der Waals surface area contributed by atoms with Crippen LogP contribution in [0, 0.1) is 6.92 Å². The fourth-order valence-corrected chi connectivity index (χ4v) is 3.73. The Balaban J connectivity index is 1.71. The zero-order chi connectivity index (χ0) is 22.3. The van der Waals surface area contributed by atoms with Gasteiger partial charge in [-0.1, -0.05) is 91.0 Å². The van der Waals surface area contributed by atoms with Crippen LogP contribution in [0.5, 0.6) is 0 Å². The van der Waals surface area contributed by atoms with Gasteiger partial charge in [0.05, 0.1) is 31.9 Å². The number of hydrogen-bond donors (Lipinski definition) is 0. The maximum Gasteiger partial charge on any atom is 0.331 e. The Kier molecular flexibility index (Phi) is 6.78. The van der Waals surface area contributed by atoms with E-state index in [-0.39, 0.29) is 24.4 Å². The fourth-order valence-electron chi connectivity index (χ4n) is 3.73. The molecule has 0 spiro atoms. The summed E-state index contributed by atoms with van der Waals surface area (Å²) in [4.78, 5) is 26.7. The second kappa shape index (κ2) is 10.1. The van der Waals surface area contributed by atoms with E-state index in [1.165, 1.54) is 4.57 Å². The van der Waals surface area contributed by atoms with Crippen LogP contribution in [0.2, 0.25) is 0 Å². The third-order valence-electron chi connectivity index (χ3n) is 5.53. The van der Waals surface area contributed by atoms with Gasteiger partial charge in [-0.15, -0.1) is 0 Å². The Morgan fingerprint density at radius 3 is 1.62 bits per heavy atom. The molecule has 3 aromatic carbocycles. The van der Waals surface area contributed by atoms with Gasteiger partial charge in [0.25, 0.3) is 5.56 Å². The molecule has 32 heavy (non-hydrogen) atoms.